The van der Waals surface area contributed by atoms with E-state index in [0.717, 1.165) is 25.7 Å². The summed E-state index contributed by atoms with van der Waals surface area (Å²) in [5.74, 6) is 0.207. The average Bonchev–Trinajstić information content (AvgIpc) is 3.09. The van der Waals surface area contributed by atoms with Crippen molar-refractivity contribution in [3.8, 4) is 5.82 Å². The number of nitrogens with zero attached hydrogens (tertiary/aromatic N) is 3. The zero-order chi connectivity index (χ0) is 20.1. The average molecular weight is 386 g/mol. The Bertz CT molecular complexity index is 890. The summed E-state index contributed by atoms with van der Waals surface area (Å²) in [7, 11) is 1.64. The lowest BCUT2D eigenvalue weighted by molar-refractivity contribution is -0.123. The lowest BCUT2D eigenvalue weighted by Gasteiger charge is -2.36. The Kier molecular flexibility index (Phi) is 5.91. The van der Waals surface area contributed by atoms with E-state index in [9.17, 15) is 14.4 Å². The SMILES string of the molecule is CNC(=O)CC1(CNC(=O)c2cnn(-c3ccc(=O)[nH]n3)c2C)CCCCC1. The van der Waals surface area contributed by atoms with Crippen LogP contribution in [0.1, 0.15) is 54.6 Å². The van der Waals surface area contributed by atoms with Gasteiger partial charge in [0, 0.05) is 26.1 Å². The highest BCUT2D eigenvalue weighted by Gasteiger charge is 2.34. The summed E-state index contributed by atoms with van der Waals surface area (Å²) in [5, 5.41) is 16.2. The molecule has 2 heterocycles. The molecule has 0 aromatic carbocycles. The van der Waals surface area contributed by atoms with Crippen LogP contribution in [-0.4, -0.2) is 45.4 Å². The largest absolute Gasteiger partial charge is 0.359 e. The smallest absolute Gasteiger partial charge is 0.264 e. The summed E-state index contributed by atoms with van der Waals surface area (Å²) < 4.78 is 1.51. The van der Waals surface area contributed by atoms with E-state index in [1.165, 1.54) is 23.4 Å². The molecule has 9 nitrogen and oxygen atoms in total. The number of nitrogens with one attached hydrogen (secondary N) is 3. The number of aromatic nitrogens is 4. The first-order chi connectivity index (χ1) is 13.4. The highest BCUT2D eigenvalue weighted by molar-refractivity contribution is 5.95. The van der Waals surface area contributed by atoms with E-state index in [0.29, 0.717) is 30.0 Å². The number of H-pyrrole nitrogens is 1. The van der Waals surface area contributed by atoms with E-state index in [1.54, 1.807) is 20.0 Å². The predicted molar refractivity (Wildman–Crippen MR) is 103 cm³/mol. The Morgan fingerprint density at radius 2 is 2.00 bits per heavy atom. The van der Waals surface area contributed by atoms with Crippen molar-refractivity contribution in [3.05, 3.63) is 39.9 Å². The van der Waals surface area contributed by atoms with Crippen molar-refractivity contribution >= 4 is 11.8 Å². The summed E-state index contributed by atoms with van der Waals surface area (Å²) in [6.07, 6.45) is 7.08. The minimum absolute atomic E-state index is 0.00398. The molecule has 0 spiro atoms. The Balaban J connectivity index is 1.72. The molecule has 2 amide bonds. The van der Waals surface area contributed by atoms with Crippen LogP contribution in [0.5, 0.6) is 0 Å². The van der Waals surface area contributed by atoms with Gasteiger partial charge < -0.3 is 10.6 Å². The Labute approximate surface area is 162 Å². The lowest BCUT2D eigenvalue weighted by atomic mass is 9.71. The highest BCUT2D eigenvalue weighted by atomic mass is 16.2. The zero-order valence-electron chi connectivity index (χ0n) is 16.2. The molecule has 9 heteroatoms. The molecule has 1 fully saturated rings. The summed E-state index contributed by atoms with van der Waals surface area (Å²) >= 11 is 0. The van der Waals surface area contributed by atoms with Crippen LogP contribution < -0.4 is 16.2 Å². The zero-order valence-corrected chi connectivity index (χ0v) is 16.2. The molecule has 1 aliphatic rings. The fourth-order valence-electron chi connectivity index (χ4n) is 3.83. The summed E-state index contributed by atoms with van der Waals surface area (Å²) in [4.78, 5) is 35.9. The van der Waals surface area contributed by atoms with Crippen LogP contribution in [0, 0.1) is 12.3 Å². The maximum atomic E-state index is 12.8. The molecule has 0 bridgehead atoms. The fourth-order valence-corrected chi connectivity index (χ4v) is 3.83. The van der Waals surface area contributed by atoms with Gasteiger partial charge in [0.1, 0.15) is 0 Å². The van der Waals surface area contributed by atoms with Crippen molar-refractivity contribution in [2.75, 3.05) is 13.6 Å². The molecule has 1 saturated carbocycles. The number of carbonyl (C=O) groups is 2. The van der Waals surface area contributed by atoms with Crippen LogP contribution in [0.25, 0.3) is 5.82 Å². The maximum Gasteiger partial charge on any atom is 0.264 e. The van der Waals surface area contributed by atoms with Gasteiger partial charge in [0.05, 0.1) is 17.5 Å². The van der Waals surface area contributed by atoms with Gasteiger partial charge in [-0.15, -0.1) is 0 Å². The molecule has 0 radical (unpaired) electrons. The molecule has 28 heavy (non-hydrogen) atoms. The molecule has 0 unspecified atom stereocenters. The minimum atomic E-state index is -0.305. The molecule has 0 atom stereocenters. The van der Waals surface area contributed by atoms with E-state index >= 15 is 0 Å². The van der Waals surface area contributed by atoms with Gasteiger partial charge in [-0.1, -0.05) is 19.3 Å². The molecular formula is C19H26N6O3. The van der Waals surface area contributed by atoms with Gasteiger partial charge >= 0.3 is 0 Å². The third-order valence-corrected chi connectivity index (χ3v) is 5.49. The van der Waals surface area contributed by atoms with Gasteiger partial charge in [-0.25, -0.2) is 9.78 Å². The van der Waals surface area contributed by atoms with Crippen molar-refractivity contribution in [3.63, 3.8) is 0 Å². The van der Waals surface area contributed by atoms with E-state index in [1.807, 2.05) is 0 Å². The second kappa shape index (κ2) is 8.37. The normalized spacial score (nSPS) is 15.8. The van der Waals surface area contributed by atoms with Gasteiger partial charge in [-0.05, 0) is 31.2 Å². The van der Waals surface area contributed by atoms with Crippen LogP contribution in [-0.2, 0) is 4.79 Å². The molecule has 2 aromatic heterocycles. The van der Waals surface area contributed by atoms with Crippen molar-refractivity contribution < 1.29 is 9.59 Å². The third-order valence-electron chi connectivity index (χ3n) is 5.49. The van der Waals surface area contributed by atoms with E-state index in [2.05, 4.69) is 25.9 Å². The predicted octanol–water partition coefficient (Wildman–Crippen LogP) is 1.08. The summed E-state index contributed by atoms with van der Waals surface area (Å²) in [6, 6.07) is 2.90. The first-order valence-electron chi connectivity index (χ1n) is 9.54. The van der Waals surface area contributed by atoms with Crippen LogP contribution in [0.15, 0.2) is 23.1 Å². The Hall–Kier alpha value is -2.97. The number of carbonyl (C=O) groups excluding carboxylic acids is 2. The molecule has 3 N–H and O–H groups in total. The Morgan fingerprint density at radius 3 is 2.64 bits per heavy atom. The first kappa shape index (κ1) is 19.8. The van der Waals surface area contributed by atoms with Gasteiger partial charge in [-0.2, -0.15) is 10.2 Å². The second-order valence-electron chi connectivity index (χ2n) is 7.43. The maximum absolute atomic E-state index is 12.8. The summed E-state index contributed by atoms with van der Waals surface area (Å²) in [5.41, 5.74) is 0.568. The quantitative estimate of drug-likeness (QED) is 0.686. The Morgan fingerprint density at radius 1 is 1.25 bits per heavy atom. The molecule has 0 aliphatic heterocycles. The number of amides is 2. The van der Waals surface area contributed by atoms with E-state index in [4.69, 9.17) is 0 Å². The standard InChI is InChI=1S/C19H26N6O3/c1-13-14(11-22-25(13)15-6-7-16(26)24-23-15)18(28)21-12-19(10-17(27)20-2)8-4-3-5-9-19/h6-7,11H,3-5,8-10,12H2,1-2H3,(H,20,27)(H,21,28)(H,24,26). The van der Waals surface area contributed by atoms with Crippen molar-refractivity contribution in [1.29, 1.82) is 0 Å². The van der Waals surface area contributed by atoms with Gasteiger partial charge in [0.25, 0.3) is 11.5 Å². The third kappa shape index (κ3) is 4.29. The topological polar surface area (TPSA) is 122 Å². The highest BCUT2D eigenvalue weighted by Crippen LogP contribution is 2.38. The van der Waals surface area contributed by atoms with E-state index < -0.39 is 0 Å². The van der Waals surface area contributed by atoms with Gasteiger partial charge in [-0.3, -0.25) is 14.4 Å². The monoisotopic (exact) mass is 386 g/mol. The molecule has 3 rings (SSSR count). The van der Waals surface area contributed by atoms with Crippen molar-refractivity contribution in [1.82, 2.24) is 30.6 Å². The molecule has 0 saturated heterocycles. The lowest BCUT2D eigenvalue weighted by Crippen LogP contribution is -2.42. The number of hydrogen-bond acceptors (Lipinski definition) is 5. The number of hydrogen-bond donors (Lipinski definition) is 3. The van der Waals surface area contributed by atoms with Crippen molar-refractivity contribution in [2.24, 2.45) is 5.41 Å². The molecular weight excluding hydrogens is 360 g/mol. The van der Waals surface area contributed by atoms with Crippen LogP contribution in [0.2, 0.25) is 0 Å². The molecule has 150 valence electrons. The van der Waals surface area contributed by atoms with Crippen LogP contribution in [0.4, 0.5) is 0 Å². The fraction of sp³-hybridized carbons (Fsp3) is 0.526. The van der Waals surface area contributed by atoms with Crippen LogP contribution in [0.3, 0.4) is 0 Å². The molecule has 1 aliphatic carbocycles. The number of rotatable bonds is 6. The van der Waals surface area contributed by atoms with Crippen molar-refractivity contribution in [2.45, 2.75) is 45.4 Å². The summed E-state index contributed by atoms with van der Waals surface area (Å²) in [6.45, 7) is 2.23. The second-order valence-corrected chi connectivity index (χ2v) is 7.43. The molecule has 2 aromatic rings. The number of aromatic amines is 1. The first-order valence-corrected chi connectivity index (χ1v) is 9.54. The van der Waals surface area contributed by atoms with Gasteiger partial charge in [0.2, 0.25) is 5.91 Å². The minimum Gasteiger partial charge on any atom is -0.359 e. The van der Waals surface area contributed by atoms with Crippen LogP contribution >= 0.6 is 0 Å². The van der Waals surface area contributed by atoms with E-state index in [-0.39, 0.29) is 22.8 Å². The van der Waals surface area contributed by atoms with Gasteiger partial charge in [0.15, 0.2) is 5.82 Å².